The molecule has 0 bridgehead atoms. The quantitative estimate of drug-likeness (QED) is 0.562. The summed E-state index contributed by atoms with van der Waals surface area (Å²) in [5.74, 6) is 0.304. The first kappa shape index (κ1) is 15.9. The highest BCUT2D eigenvalue weighted by atomic mass is 79.9. The summed E-state index contributed by atoms with van der Waals surface area (Å²) in [6, 6.07) is 11.5. The molecule has 0 aliphatic heterocycles. The summed E-state index contributed by atoms with van der Waals surface area (Å²) in [4.78, 5) is 0. The summed E-state index contributed by atoms with van der Waals surface area (Å²) in [6.07, 6.45) is 0.864. The first-order valence-corrected chi connectivity index (χ1v) is 8.59. The third-order valence-corrected chi connectivity index (χ3v) is 4.71. The number of hydrogen-bond donors (Lipinski definition) is 2. The SMILES string of the molecule is CCC(Nc1cc(Br)ccc1Br)c1cc(Br)ccc1O. The summed E-state index contributed by atoms with van der Waals surface area (Å²) in [6.45, 7) is 2.09. The number of hydrogen-bond acceptors (Lipinski definition) is 2. The maximum Gasteiger partial charge on any atom is 0.120 e. The molecule has 0 saturated carbocycles. The second-order valence-corrected chi connectivity index (χ2v) is 7.12. The Labute approximate surface area is 144 Å². The van der Waals surface area contributed by atoms with Gasteiger partial charge in [0.05, 0.1) is 11.7 Å². The molecule has 0 aromatic heterocycles. The molecular weight excluding hydrogens is 450 g/mol. The fourth-order valence-electron chi connectivity index (χ4n) is 2.00. The van der Waals surface area contributed by atoms with Crippen LogP contribution in [0.3, 0.4) is 0 Å². The van der Waals surface area contributed by atoms with Gasteiger partial charge in [0.15, 0.2) is 0 Å². The Morgan fingerprint density at radius 3 is 2.40 bits per heavy atom. The van der Waals surface area contributed by atoms with Crippen LogP contribution in [0.2, 0.25) is 0 Å². The molecule has 20 heavy (non-hydrogen) atoms. The zero-order valence-electron chi connectivity index (χ0n) is 10.8. The second kappa shape index (κ2) is 6.96. The molecule has 0 spiro atoms. The van der Waals surface area contributed by atoms with Crippen LogP contribution in [0.1, 0.15) is 24.9 Å². The Morgan fingerprint density at radius 1 is 1.05 bits per heavy atom. The molecule has 1 unspecified atom stereocenters. The fraction of sp³-hybridized carbons (Fsp3) is 0.200. The lowest BCUT2D eigenvalue weighted by Crippen LogP contribution is -2.10. The molecule has 106 valence electrons. The lowest BCUT2D eigenvalue weighted by atomic mass is 10.0. The Balaban J connectivity index is 2.33. The second-order valence-electron chi connectivity index (χ2n) is 4.43. The van der Waals surface area contributed by atoms with Gasteiger partial charge in [-0.15, -0.1) is 0 Å². The van der Waals surface area contributed by atoms with Gasteiger partial charge in [-0.3, -0.25) is 0 Å². The highest BCUT2D eigenvalue weighted by Gasteiger charge is 2.15. The molecule has 0 aliphatic rings. The van der Waals surface area contributed by atoms with Crippen LogP contribution < -0.4 is 5.32 Å². The molecular formula is C15H14Br3NO. The minimum Gasteiger partial charge on any atom is -0.508 e. The number of aromatic hydroxyl groups is 1. The smallest absolute Gasteiger partial charge is 0.120 e. The molecule has 2 aromatic carbocycles. The maximum atomic E-state index is 10.1. The molecule has 2 aromatic rings. The highest BCUT2D eigenvalue weighted by Crippen LogP contribution is 2.34. The third-order valence-electron chi connectivity index (χ3n) is 3.03. The first-order chi connectivity index (χ1) is 9.51. The molecule has 2 nitrogen and oxygen atoms in total. The fourth-order valence-corrected chi connectivity index (χ4v) is 3.10. The van der Waals surface area contributed by atoms with Gasteiger partial charge in [-0.05, 0) is 58.7 Å². The molecule has 0 radical (unpaired) electrons. The van der Waals surface area contributed by atoms with Crippen molar-refractivity contribution >= 4 is 53.5 Å². The van der Waals surface area contributed by atoms with Crippen LogP contribution in [0.5, 0.6) is 5.75 Å². The number of phenolic OH excluding ortho intramolecular Hbond substituents is 1. The predicted octanol–water partition coefficient (Wildman–Crippen LogP) is 6.24. The molecule has 0 amide bonds. The van der Waals surface area contributed by atoms with E-state index in [-0.39, 0.29) is 6.04 Å². The summed E-state index contributed by atoms with van der Waals surface area (Å²) >= 11 is 10.5. The van der Waals surface area contributed by atoms with E-state index < -0.39 is 0 Å². The van der Waals surface area contributed by atoms with Crippen LogP contribution in [0.25, 0.3) is 0 Å². The van der Waals surface area contributed by atoms with Crippen LogP contribution in [0.15, 0.2) is 49.8 Å². The van der Waals surface area contributed by atoms with Crippen molar-refractivity contribution in [3.63, 3.8) is 0 Å². The Morgan fingerprint density at radius 2 is 1.70 bits per heavy atom. The summed E-state index contributed by atoms with van der Waals surface area (Å²) in [5.41, 5.74) is 1.87. The van der Waals surface area contributed by atoms with Crippen molar-refractivity contribution in [3.05, 3.63) is 55.4 Å². The van der Waals surface area contributed by atoms with Crippen molar-refractivity contribution in [2.45, 2.75) is 19.4 Å². The van der Waals surface area contributed by atoms with Crippen molar-refractivity contribution < 1.29 is 5.11 Å². The van der Waals surface area contributed by atoms with E-state index in [0.29, 0.717) is 5.75 Å². The van der Waals surface area contributed by atoms with E-state index in [2.05, 4.69) is 60.0 Å². The van der Waals surface area contributed by atoms with Crippen molar-refractivity contribution in [1.82, 2.24) is 0 Å². The van der Waals surface area contributed by atoms with E-state index in [1.54, 1.807) is 6.07 Å². The minimum atomic E-state index is 0.0399. The molecule has 0 aliphatic carbocycles. The molecule has 5 heteroatoms. The van der Waals surface area contributed by atoms with Gasteiger partial charge < -0.3 is 10.4 Å². The van der Waals surface area contributed by atoms with Gasteiger partial charge >= 0.3 is 0 Å². The predicted molar refractivity (Wildman–Crippen MR) is 94.3 cm³/mol. The molecule has 0 saturated heterocycles. The van der Waals surface area contributed by atoms with E-state index in [1.807, 2.05) is 30.3 Å². The van der Waals surface area contributed by atoms with E-state index >= 15 is 0 Å². The van der Waals surface area contributed by atoms with Crippen molar-refractivity contribution in [3.8, 4) is 5.75 Å². The minimum absolute atomic E-state index is 0.0399. The largest absolute Gasteiger partial charge is 0.508 e. The van der Waals surface area contributed by atoms with E-state index in [1.165, 1.54) is 0 Å². The Hall–Kier alpha value is -0.520. The monoisotopic (exact) mass is 461 g/mol. The Kier molecular flexibility index (Phi) is 5.52. The van der Waals surface area contributed by atoms with Crippen LogP contribution in [0.4, 0.5) is 5.69 Å². The average molecular weight is 464 g/mol. The lowest BCUT2D eigenvalue weighted by molar-refractivity contribution is 0.462. The van der Waals surface area contributed by atoms with Crippen molar-refractivity contribution in [1.29, 1.82) is 0 Å². The number of phenols is 1. The molecule has 2 rings (SSSR count). The zero-order valence-corrected chi connectivity index (χ0v) is 15.6. The highest BCUT2D eigenvalue weighted by molar-refractivity contribution is 9.11. The van der Waals surface area contributed by atoms with Crippen molar-refractivity contribution in [2.75, 3.05) is 5.32 Å². The van der Waals surface area contributed by atoms with Gasteiger partial charge in [0.2, 0.25) is 0 Å². The van der Waals surface area contributed by atoms with Gasteiger partial charge in [-0.2, -0.15) is 0 Å². The average Bonchev–Trinajstić information content (AvgIpc) is 2.42. The van der Waals surface area contributed by atoms with Gasteiger partial charge in [0.1, 0.15) is 5.75 Å². The van der Waals surface area contributed by atoms with E-state index in [0.717, 1.165) is 31.1 Å². The summed E-state index contributed by atoms with van der Waals surface area (Å²) < 4.78 is 2.96. The number of nitrogens with one attached hydrogen (secondary N) is 1. The summed E-state index contributed by atoms with van der Waals surface area (Å²) in [7, 11) is 0. The normalized spacial score (nSPS) is 12.2. The van der Waals surface area contributed by atoms with Crippen LogP contribution in [-0.4, -0.2) is 5.11 Å². The third kappa shape index (κ3) is 3.77. The maximum absolute atomic E-state index is 10.1. The van der Waals surface area contributed by atoms with Gasteiger partial charge in [0, 0.05) is 19.0 Å². The molecule has 1 atom stereocenters. The number of rotatable bonds is 4. The van der Waals surface area contributed by atoms with Crippen LogP contribution >= 0.6 is 47.8 Å². The van der Waals surface area contributed by atoms with Crippen LogP contribution in [0, 0.1) is 0 Å². The molecule has 2 N–H and O–H groups in total. The summed E-state index contributed by atoms with van der Waals surface area (Å²) in [5, 5.41) is 13.5. The molecule has 0 heterocycles. The topological polar surface area (TPSA) is 32.3 Å². The number of benzene rings is 2. The zero-order chi connectivity index (χ0) is 14.7. The van der Waals surface area contributed by atoms with Crippen LogP contribution in [-0.2, 0) is 0 Å². The van der Waals surface area contributed by atoms with Crippen molar-refractivity contribution in [2.24, 2.45) is 0 Å². The first-order valence-electron chi connectivity index (χ1n) is 6.21. The van der Waals surface area contributed by atoms with Gasteiger partial charge in [-0.1, -0.05) is 38.8 Å². The van der Waals surface area contributed by atoms with Gasteiger partial charge in [-0.25, -0.2) is 0 Å². The lowest BCUT2D eigenvalue weighted by Gasteiger charge is -2.21. The Bertz CT molecular complexity index is 616. The number of anilines is 1. The number of halogens is 3. The van der Waals surface area contributed by atoms with E-state index in [9.17, 15) is 5.11 Å². The molecule has 0 fully saturated rings. The van der Waals surface area contributed by atoms with E-state index in [4.69, 9.17) is 0 Å². The standard InChI is InChI=1S/C15H14Br3NO/c1-2-13(11-7-9(16)4-6-15(11)20)19-14-8-10(17)3-5-12(14)18/h3-8,13,19-20H,2H2,1H3. The van der Waals surface area contributed by atoms with Gasteiger partial charge in [0.25, 0.3) is 0 Å².